The topological polar surface area (TPSA) is 6.48 Å². The molecule has 0 bridgehead atoms. The van der Waals surface area contributed by atoms with E-state index in [1.54, 1.807) is 0 Å². The van der Waals surface area contributed by atoms with Crippen molar-refractivity contribution in [3.8, 4) is 22.3 Å². The van der Waals surface area contributed by atoms with Gasteiger partial charge in [-0.15, -0.1) is 11.3 Å². The van der Waals surface area contributed by atoms with Crippen LogP contribution in [0.3, 0.4) is 0 Å². The highest BCUT2D eigenvalue weighted by molar-refractivity contribution is 7.33. The molecular formula is C66H71BN2S. The summed E-state index contributed by atoms with van der Waals surface area (Å²) >= 11 is 2.01. The lowest BCUT2D eigenvalue weighted by Crippen LogP contribution is -2.60. The van der Waals surface area contributed by atoms with Gasteiger partial charge in [-0.05, 0) is 175 Å². The summed E-state index contributed by atoms with van der Waals surface area (Å²) in [6, 6.07) is 52.7. The summed E-state index contributed by atoms with van der Waals surface area (Å²) in [5.41, 5.74) is 24.9. The average Bonchev–Trinajstić information content (AvgIpc) is 3.68. The van der Waals surface area contributed by atoms with E-state index in [-0.39, 0.29) is 33.8 Å². The second-order valence-corrected chi connectivity index (χ2v) is 26.5. The highest BCUT2D eigenvalue weighted by atomic mass is 32.1. The van der Waals surface area contributed by atoms with Crippen molar-refractivity contribution in [2.45, 2.75) is 144 Å². The van der Waals surface area contributed by atoms with E-state index in [0.717, 1.165) is 6.42 Å². The van der Waals surface area contributed by atoms with Crippen LogP contribution in [0.5, 0.6) is 0 Å². The minimum absolute atomic E-state index is 0.00909. The van der Waals surface area contributed by atoms with Gasteiger partial charge in [-0.1, -0.05) is 169 Å². The van der Waals surface area contributed by atoms with Crippen molar-refractivity contribution >= 4 is 78.0 Å². The van der Waals surface area contributed by atoms with E-state index < -0.39 is 0 Å². The molecule has 11 rings (SSSR count). The van der Waals surface area contributed by atoms with Crippen LogP contribution in [0.2, 0.25) is 0 Å². The molecule has 0 spiro atoms. The van der Waals surface area contributed by atoms with Crippen LogP contribution in [-0.2, 0) is 27.1 Å². The Morgan fingerprint density at radius 3 is 1.74 bits per heavy atom. The molecule has 3 heterocycles. The Kier molecular flexibility index (Phi) is 10.5. The van der Waals surface area contributed by atoms with Crippen molar-refractivity contribution < 1.29 is 0 Å². The molecule has 0 amide bonds. The van der Waals surface area contributed by atoms with Crippen LogP contribution in [0.15, 0.2) is 133 Å². The second-order valence-electron chi connectivity index (χ2n) is 25.4. The first kappa shape index (κ1) is 46.5. The smallest absolute Gasteiger partial charge is 0.264 e. The van der Waals surface area contributed by atoms with E-state index in [2.05, 4.69) is 247 Å². The summed E-state index contributed by atoms with van der Waals surface area (Å²) in [5, 5.41) is 1.34. The first-order valence-electron chi connectivity index (χ1n) is 25.8. The third-order valence-corrected chi connectivity index (χ3v) is 17.7. The molecule has 1 aliphatic carbocycles. The summed E-state index contributed by atoms with van der Waals surface area (Å²) in [6.07, 6.45) is 2.35. The molecule has 70 heavy (non-hydrogen) atoms. The van der Waals surface area contributed by atoms with Gasteiger partial charge in [0.25, 0.3) is 6.71 Å². The fourth-order valence-corrected chi connectivity index (χ4v) is 13.4. The highest BCUT2D eigenvalue weighted by Gasteiger charge is 2.47. The lowest BCUT2D eigenvalue weighted by atomic mass is 9.36. The zero-order valence-electron chi connectivity index (χ0n) is 44.5. The lowest BCUT2D eigenvalue weighted by molar-refractivity contribution is 0.332. The van der Waals surface area contributed by atoms with Crippen LogP contribution >= 0.6 is 11.3 Å². The minimum Gasteiger partial charge on any atom is -0.311 e. The van der Waals surface area contributed by atoms with E-state index in [4.69, 9.17) is 0 Å². The van der Waals surface area contributed by atoms with Gasteiger partial charge in [0.1, 0.15) is 0 Å². The number of anilines is 6. The Labute approximate surface area is 423 Å². The standard InChI is InChI=1S/C66H71BN2S/c1-40-20-19-21-41(2)58(40)43-34-55-59-56(35-43)69(53-30-25-44(62(3,4)5)36-48(53)42-22-17-16-18-23-42)54-38-46(64(9,10)11)24-29-52(54)67(59)61-60(49-37-45(63(6,7)8)26-31-57(49)70-61)68(55)47-27-28-50-51(39-47)66(14,15)33-32-65(50,12)13/h16-31,34-39H,32-33H2,1-15H3. The summed E-state index contributed by atoms with van der Waals surface area (Å²) in [4.78, 5) is 5.40. The maximum atomic E-state index is 2.72. The zero-order valence-corrected chi connectivity index (χ0v) is 45.3. The van der Waals surface area contributed by atoms with Crippen molar-refractivity contribution in [3.63, 3.8) is 0 Å². The molecule has 4 heteroatoms. The quantitative estimate of drug-likeness (QED) is 0.162. The molecule has 1 aromatic heterocycles. The Balaban J connectivity index is 1.32. The Bertz CT molecular complexity index is 3400. The molecule has 0 unspecified atom stereocenters. The molecule has 8 aromatic rings. The Morgan fingerprint density at radius 1 is 0.500 bits per heavy atom. The molecule has 0 saturated carbocycles. The van der Waals surface area contributed by atoms with E-state index in [1.807, 2.05) is 11.3 Å². The van der Waals surface area contributed by atoms with E-state index in [0.29, 0.717) is 0 Å². The Morgan fingerprint density at radius 2 is 1.09 bits per heavy atom. The molecular weight excluding hydrogens is 864 g/mol. The number of thiophene rings is 1. The van der Waals surface area contributed by atoms with Gasteiger partial charge in [0.15, 0.2) is 0 Å². The van der Waals surface area contributed by atoms with Crippen molar-refractivity contribution in [3.05, 3.63) is 172 Å². The fraction of sp³-hybridized carbons (Fsp3) is 0.333. The Hall–Kier alpha value is -5.84. The third kappa shape index (κ3) is 7.41. The van der Waals surface area contributed by atoms with Gasteiger partial charge in [-0.2, -0.15) is 0 Å². The van der Waals surface area contributed by atoms with Gasteiger partial charge >= 0.3 is 0 Å². The molecule has 3 aliphatic rings. The summed E-state index contributed by atoms with van der Waals surface area (Å²) in [7, 11) is 0. The van der Waals surface area contributed by atoms with Gasteiger partial charge in [0, 0.05) is 43.2 Å². The van der Waals surface area contributed by atoms with Gasteiger partial charge < -0.3 is 9.80 Å². The predicted octanol–water partition coefficient (Wildman–Crippen LogP) is 17.2. The highest BCUT2D eigenvalue weighted by Crippen LogP contribution is 2.54. The summed E-state index contributed by atoms with van der Waals surface area (Å²) < 4.78 is 2.76. The van der Waals surface area contributed by atoms with Crippen LogP contribution in [-0.4, -0.2) is 6.71 Å². The third-order valence-electron chi connectivity index (χ3n) is 16.4. The number of aryl methyl sites for hydroxylation is 2. The predicted molar refractivity (Wildman–Crippen MR) is 308 cm³/mol. The van der Waals surface area contributed by atoms with Crippen molar-refractivity contribution in [1.29, 1.82) is 0 Å². The van der Waals surface area contributed by atoms with Gasteiger partial charge in [-0.3, -0.25) is 0 Å². The fourth-order valence-electron chi connectivity index (χ4n) is 12.1. The SMILES string of the molecule is Cc1cccc(C)c1-c1cc2c3c(c1)N(c1ccc4c(c1)C(C)(C)CCC4(C)C)c1c(sc4ccc(C(C)(C)C)cc14)B3c1ccc(C(C)(C)C)cc1N2c1ccc(C(C)(C)C)cc1-c1ccccc1. The van der Waals surface area contributed by atoms with Gasteiger partial charge in [-0.25, -0.2) is 0 Å². The number of nitrogens with zero attached hydrogens (tertiary/aromatic N) is 2. The number of benzene rings is 7. The van der Waals surface area contributed by atoms with E-state index >= 15 is 0 Å². The maximum absolute atomic E-state index is 2.72. The van der Waals surface area contributed by atoms with Crippen molar-refractivity contribution in [2.75, 3.05) is 9.80 Å². The van der Waals surface area contributed by atoms with E-state index in [9.17, 15) is 0 Å². The maximum Gasteiger partial charge on any atom is 0.264 e. The van der Waals surface area contributed by atoms with Gasteiger partial charge in [0.2, 0.25) is 0 Å². The molecule has 0 fully saturated rings. The monoisotopic (exact) mass is 935 g/mol. The molecule has 7 aromatic carbocycles. The second kappa shape index (κ2) is 15.8. The number of fused-ring (bicyclic) bond motifs is 7. The normalized spacial score (nSPS) is 16.0. The average molecular weight is 935 g/mol. The molecule has 0 saturated heterocycles. The number of rotatable bonds is 4. The van der Waals surface area contributed by atoms with Crippen molar-refractivity contribution in [2.24, 2.45) is 0 Å². The van der Waals surface area contributed by atoms with Crippen LogP contribution in [0.4, 0.5) is 34.1 Å². The van der Waals surface area contributed by atoms with Crippen LogP contribution in [0.1, 0.15) is 142 Å². The first-order valence-corrected chi connectivity index (χ1v) is 26.7. The number of hydrogen-bond acceptors (Lipinski definition) is 3. The largest absolute Gasteiger partial charge is 0.311 e. The van der Waals surface area contributed by atoms with Gasteiger partial charge in [0.05, 0.1) is 11.4 Å². The molecule has 2 nitrogen and oxygen atoms in total. The lowest BCUT2D eigenvalue weighted by Gasteiger charge is -2.45. The van der Waals surface area contributed by atoms with Crippen LogP contribution in [0.25, 0.3) is 32.3 Å². The summed E-state index contributed by atoms with van der Waals surface area (Å²) in [6.45, 7) is 35.6. The van der Waals surface area contributed by atoms with Crippen molar-refractivity contribution in [1.82, 2.24) is 0 Å². The first-order chi connectivity index (χ1) is 32.9. The van der Waals surface area contributed by atoms with Crippen LogP contribution in [0, 0.1) is 13.8 Å². The number of hydrogen-bond donors (Lipinski definition) is 0. The zero-order chi connectivity index (χ0) is 49.6. The molecule has 0 radical (unpaired) electrons. The van der Waals surface area contributed by atoms with E-state index in [1.165, 1.54) is 128 Å². The minimum atomic E-state index is -0.0606. The molecule has 354 valence electrons. The molecule has 0 N–H and O–H groups in total. The summed E-state index contributed by atoms with van der Waals surface area (Å²) in [5.74, 6) is 0. The molecule has 0 atom stereocenters. The molecule has 2 aliphatic heterocycles. The van der Waals surface area contributed by atoms with Crippen LogP contribution < -0.4 is 25.5 Å².